The molecule has 0 saturated heterocycles. The number of carboxylic acid groups (broad SMARTS) is 1. The molecule has 19 heavy (non-hydrogen) atoms. The second-order valence-electron chi connectivity index (χ2n) is 4.78. The highest BCUT2D eigenvalue weighted by Gasteiger charge is 2.40. The van der Waals surface area contributed by atoms with E-state index in [1.54, 1.807) is 0 Å². The van der Waals surface area contributed by atoms with E-state index in [0.29, 0.717) is 6.42 Å². The SMILES string of the molecule is CCCCC(C(=O)O)C(C)(O)c1cccc(F)c1F. The Bertz CT molecular complexity index is 458. The summed E-state index contributed by atoms with van der Waals surface area (Å²) < 4.78 is 26.9. The van der Waals surface area contributed by atoms with Crippen molar-refractivity contribution in [2.45, 2.75) is 38.7 Å². The second kappa shape index (κ2) is 6.10. The van der Waals surface area contributed by atoms with Crippen LogP contribution in [0.15, 0.2) is 18.2 Å². The van der Waals surface area contributed by atoms with Gasteiger partial charge in [-0.3, -0.25) is 4.79 Å². The molecular weight excluding hydrogens is 254 g/mol. The summed E-state index contributed by atoms with van der Waals surface area (Å²) in [6.45, 7) is 3.09. The summed E-state index contributed by atoms with van der Waals surface area (Å²) in [5, 5.41) is 19.5. The lowest BCUT2D eigenvalue weighted by molar-refractivity contribution is -0.152. The lowest BCUT2D eigenvalue weighted by atomic mass is 9.79. The molecule has 3 nitrogen and oxygen atoms in total. The molecule has 5 heteroatoms. The fourth-order valence-corrected chi connectivity index (χ4v) is 2.14. The van der Waals surface area contributed by atoms with Gasteiger partial charge in [-0.2, -0.15) is 0 Å². The molecule has 0 amide bonds. The fraction of sp³-hybridized carbons (Fsp3) is 0.500. The van der Waals surface area contributed by atoms with Gasteiger partial charge in [0.25, 0.3) is 0 Å². The van der Waals surface area contributed by atoms with Crippen LogP contribution in [-0.2, 0) is 10.4 Å². The zero-order valence-electron chi connectivity index (χ0n) is 11.0. The van der Waals surface area contributed by atoms with Gasteiger partial charge in [-0.25, -0.2) is 8.78 Å². The number of carbonyl (C=O) groups is 1. The average molecular weight is 272 g/mol. The van der Waals surface area contributed by atoms with Crippen LogP contribution in [0.2, 0.25) is 0 Å². The third kappa shape index (κ3) is 3.29. The monoisotopic (exact) mass is 272 g/mol. The van der Waals surface area contributed by atoms with Crippen LogP contribution < -0.4 is 0 Å². The number of rotatable bonds is 6. The summed E-state index contributed by atoms with van der Waals surface area (Å²) in [6, 6.07) is 3.39. The van der Waals surface area contributed by atoms with Crippen molar-refractivity contribution >= 4 is 5.97 Å². The van der Waals surface area contributed by atoms with Gasteiger partial charge in [0, 0.05) is 5.56 Å². The highest BCUT2D eigenvalue weighted by atomic mass is 19.2. The Morgan fingerprint density at radius 3 is 2.58 bits per heavy atom. The predicted octanol–water partition coefficient (Wildman–Crippen LogP) is 3.06. The minimum atomic E-state index is -1.95. The molecule has 0 radical (unpaired) electrons. The van der Waals surface area contributed by atoms with Gasteiger partial charge in [0.05, 0.1) is 5.92 Å². The molecule has 1 aromatic carbocycles. The molecule has 1 aromatic rings. The van der Waals surface area contributed by atoms with Gasteiger partial charge in [-0.1, -0.05) is 31.9 Å². The Hall–Kier alpha value is -1.49. The van der Waals surface area contributed by atoms with Gasteiger partial charge >= 0.3 is 5.97 Å². The van der Waals surface area contributed by atoms with Gasteiger partial charge in [0.2, 0.25) is 0 Å². The van der Waals surface area contributed by atoms with Crippen LogP contribution in [0.4, 0.5) is 8.78 Å². The zero-order chi connectivity index (χ0) is 14.6. The predicted molar refractivity (Wildman–Crippen MR) is 66.6 cm³/mol. The van der Waals surface area contributed by atoms with E-state index in [-0.39, 0.29) is 12.0 Å². The lowest BCUT2D eigenvalue weighted by Gasteiger charge is -2.31. The van der Waals surface area contributed by atoms with Gasteiger partial charge in [0.1, 0.15) is 5.60 Å². The van der Waals surface area contributed by atoms with Crippen LogP contribution in [0.25, 0.3) is 0 Å². The maximum Gasteiger partial charge on any atom is 0.309 e. The van der Waals surface area contributed by atoms with E-state index < -0.39 is 29.1 Å². The van der Waals surface area contributed by atoms with Crippen molar-refractivity contribution in [1.82, 2.24) is 0 Å². The smallest absolute Gasteiger partial charge is 0.309 e. The van der Waals surface area contributed by atoms with Gasteiger partial charge in [-0.05, 0) is 19.4 Å². The number of unbranched alkanes of at least 4 members (excludes halogenated alkanes) is 1. The van der Waals surface area contributed by atoms with Crippen LogP contribution in [-0.4, -0.2) is 16.2 Å². The number of hydrogen-bond donors (Lipinski definition) is 2. The number of hydrogen-bond acceptors (Lipinski definition) is 2. The highest BCUT2D eigenvalue weighted by molar-refractivity contribution is 5.72. The first-order valence-electron chi connectivity index (χ1n) is 6.22. The summed E-state index contributed by atoms with van der Waals surface area (Å²) in [5.41, 5.74) is -2.27. The number of aliphatic hydroxyl groups is 1. The minimum Gasteiger partial charge on any atom is -0.481 e. The van der Waals surface area contributed by atoms with Gasteiger partial charge < -0.3 is 10.2 Å². The topological polar surface area (TPSA) is 57.5 Å². The van der Waals surface area contributed by atoms with Crippen molar-refractivity contribution in [3.05, 3.63) is 35.4 Å². The molecule has 0 bridgehead atoms. The quantitative estimate of drug-likeness (QED) is 0.836. The van der Waals surface area contributed by atoms with Crippen molar-refractivity contribution in [1.29, 1.82) is 0 Å². The lowest BCUT2D eigenvalue weighted by Crippen LogP contribution is -2.38. The minimum absolute atomic E-state index is 0.203. The summed E-state index contributed by atoms with van der Waals surface area (Å²) in [6.07, 6.45) is 1.55. The molecule has 2 N–H and O–H groups in total. The molecule has 0 aliphatic rings. The third-order valence-corrected chi connectivity index (χ3v) is 3.32. The van der Waals surface area contributed by atoms with Crippen LogP contribution in [0.5, 0.6) is 0 Å². The van der Waals surface area contributed by atoms with Crippen molar-refractivity contribution in [3.8, 4) is 0 Å². The molecule has 2 atom stereocenters. The number of carboxylic acids is 1. The Labute approximate surface area is 110 Å². The molecule has 0 aliphatic heterocycles. The van der Waals surface area contributed by atoms with Crippen molar-refractivity contribution in [2.24, 2.45) is 5.92 Å². The van der Waals surface area contributed by atoms with E-state index in [0.717, 1.165) is 12.5 Å². The van der Waals surface area contributed by atoms with Crippen LogP contribution in [0, 0.1) is 17.6 Å². The fourth-order valence-electron chi connectivity index (χ4n) is 2.14. The van der Waals surface area contributed by atoms with E-state index in [4.69, 9.17) is 0 Å². The van der Waals surface area contributed by atoms with Crippen LogP contribution in [0.3, 0.4) is 0 Å². The summed E-state index contributed by atoms with van der Waals surface area (Å²) in [5.74, 6) is -4.70. The number of aliphatic carboxylic acids is 1. The molecule has 0 aromatic heterocycles. The van der Waals surface area contributed by atoms with E-state index >= 15 is 0 Å². The Morgan fingerprint density at radius 2 is 2.05 bits per heavy atom. The maximum absolute atomic E-state index is 13.7. The standard InChI is InChI=1S/C14H18F2O3/c1-3-4-6-10(13(17)18)14(2,19)9-7-5-8-11(15)12(9)16/h5,7-8,10,19H,3-4,6H2,1-2H3,(H,17,18). The number of halogens is 2. The number of benzene rings is 1. The first-order valence-corrected chi connectivity index (χ1v) is 6.22. The van der Waals surface area contributed by atoms with Crippen LogP contribution in [0.1, 0.15) is 38.7 Å². The molecule has 1 rings (SSSR count). The summed E-state index contributed by atoms with van der Waals surface area (Å²) in [7, 11) is 0. The molecule has 0 fully saturated rings. The van der Waals surface area contributed by atoms with Crippen molar-refractivity contribution in [2.75, 3.05) is 0 Å². The molecule has 0 heterocycles. The first kappa shape index (κ1) is 15.6. The van der Waals surface area contributed by atoms with Crippen molar-refractivity contribution in [3.63, 3.8) is 0 Å². The molecule has 0 aliphatic carbocycles. The average Bonchev–Trinajstić information content (AvgIpc) is 2.32. The summed E-state index contributed by atoms with van der Waals surface area (Å²) >= 11 is 0. The Balaban J connectivity index is 3.18. The molecule has 106 valence electrons. The van der Waals surface area contributed by atoms with Gasteiger partial charge in [-0.15, -0.1) is 0 Å². The zero-order valence-corrected chi connectivity index (χ0v) is 11.0. The molecule has 2 unspecified atom stereocenters. The van der Waals surface area contributed by atoms with E-state index in [2.05, 4.69) is 0 Å². The van der Waals surface area contributed by atoms with E-state index in [1.165, 1.54) is 19.1 Å². The maximum atomic E-state index is 13.7. The molecular formula is C14H18F2O3. The van der Waals surface area contributed by atoms with Crippen LogP contribution >= 0.6 is 0 Å². The summed E-state index contributed by atoms with van der Waals surface area (Å²) in [4.78, 5) is 11.2. The Kier molecular flexibility index (Phi) is 5.00. The van der Waals surface area contributed by atoms with E-state index in [1.807, 2.05) is 6.92 Å². The van der Waals surface area contributed by atoms with Crippen molar-refractivity contribution < 1.29 is 23.8 Å². The van der Waals surface area contributed by atoms with Gasteiger partial charge in [0.15, 0.2) is 11.6 Å². The molecule has 0 spiro atoms. The van der Waals surface area contributed by atoms with E-state index in [9.17, 15) is 23.8 Å². The molecule has 0 saturated carbocycles. The second-order valence-corrected chi connectivity index (χ2v) is 4.78. The first-order chi connectivity index (χ1) is 8.82. The normalized spacial score (nSPS) is 15.8. The highest BCUT2D eigenvalue weighted by Crippen LogP contribution is 2.35. The third-order valence-electron chi connectivity index (χ3n) is 3.32. The Morgan fingerprint density at radius 1 is 1.42 bits per heavy atom. The largest absolute Gasteiger partial charge is 0.481 e.